The summed E-state index contributed by atoms with van der Waals surface area (Å²) in [6.45, 7) is 3.39. The van der Waals surface area contributed by atoms with Gasteiger partial charge in [0.1, 0.15) is 12.4 Å². The Kier molecular flexibility index (Phi) is 5.76. The van der Waals surface area contributed by atoms with Crippen molar-refractivity contribution in [3.8, 4) is 5.75 Å². The van der Waals surface area contributed by atoms with E-state index in [4.69, 9.17) is 9.26 Å². The Labute approximate surface area is 182 Å². The summed E-state index contributed by atoms with van der Waals surface area (Å²) >= 11 is 0. The van der Waals surface area contributed by atoms with Crippen LogP contribution in [0, 0.1) is 0 Å². The zero-order valence-corrected chi connectivity index (χ0v) is 17.4. The van der Waals surface area contributed by atoms with Crippen molar-refractivity contribution < 1.29 is 9.26 Å². The molecule has 156 valence electrons. The molecule has 0 aliphatic carbocycles. The molecule has 1 aliphatic rings. The SMILES string of the molecule is c1ccc(COc2ccc(CN3CC(c4nc(Cc5ccccc5)no4)C3)cc2)cc1. The molecule has 5 heteroatoms. The van der Waals surface area contributed by atoms with Crippen LogP contribution in [0.2, 0.25) is 0 Å². The van der Waals surface area contributed by atoms with Crippen LogP contribution in [0.25, 0.3) is 0 Å². The molecular formula is C26H25N3O2. The van der Waals surface area contributed by atoms with Gasteiger partial charge in [-0.15, -0.1) is 0 Å². The lowest BCUT2D eigenvalue weighted by Gasteiger charge is -2.37. The second-order valence-electron chi connectivity index (χ2n) is 8.02. The molecule has 5 nitrogen and oxygen atoms in total. The Morgan fingerprint density at radius 3 is 2.19 bits per heavy atom. The van der Waals surface area contributed by atoms with Crippen molar-refractivity contribution in [3.05, 3.63) is 113 Å². The summed E-state index contributed by atoms with van der Waals surface area (Å²) in [5, 5.41) is 4.15. The van der Waals surface area contributed by atoms with Crippen LogP contribution in [0.3, 0.4) is 0 Å². The Balaban J connectivity index is 1.08. The third-order valence-corrected chi connectivity index (χ3v) is 5.57. The van der Waals surface area contributed by atoms with Crippen LogP contribution >= 0.6 is 0 Å². The Bertz CT molecular complexity index is 1090. The maximum atomic E-state index is 5.87. The van der Waals surface area contributed by atoms with Gasteiger partial charge in [-0.3, -0.25) is 4.90 Å². The molecule has 0 saturated carbocycles. The van der Waals surface area contributed by atoms with E-state index in [0.717, 1.165) is 37.1 Å². The molecule has 0 unspecified atom stereocenters. The van der Waals surface area contributed by atoms with Gasteiger partial charge in [-0.2, -0.15) is 4.98 Å². The maximum Gasteiger partial charge on any atom is 0.232 e. The normalized spacial score (nSPS) is 14.3. The minimum Gasteiger partial charge on any atom is -0.489 e. The summed E-state index contributed by atoms with van der Waals surface area (Å²) in [4.78, 5) is 7.00. The van der Waals surface area contributed by atoms with Crippen LogP contribution in [0.4, 0.5) is 0 Å². The Morgan fingerprint density at radius 2 is 1.48 bits per heavy atom. The molecule has 2 heterocycles. The summed E-state index contributed by atoms with van der Waals surface area (Å²) in [6, 6.07) is 28.8. The third-order valence-electron chi connectivity index (χ3n) is 5.57. The summed E-state index contributed by atoms with van der Waals surface area (Å²) in [5.41, 5.74) is 3.65. The monoisotopic (exact) mass is 411 g/mol. The van der Waals surface area contributed by atoms with E-state index in [-0.39, 0.29) is 0 Å². The molecule has 1 aliphatic heterocycles. The van der Waals surface area contributed by atoms with Crippen molar-refractivity contribution in [2.24, 2.45) is 0 Å². The molecule has 0 radical (unpaired) electrons. The lowest BCUT2D eigenvalue weighted by molar-refractivity contribution is 0.117. The fourth-order valence-corrected chi connectivity index (χ4v) is 3.83. The van der Waals surface area contributed by atoms with Gasteiger partial charge < -0.3 is 9.26 Å². The standard InChI is InChI=1S/C26H25N3O2/c1-3-7-20(8-4-1)15-25-27-26(31-28-25)23-17-29(18-23)16-21-11-13-24(14-12-21)30-19-22-9-5-2-6-10-22/h1-14,23H,15-19H2. The van der Waals surface area contributed by atoms with Gasteiger partial charge in [0.25, 0.3) is 0 Å². The van der Waals surface area contributed by atoms with E-state index in [1.165, 1.54) is 16.7 Å². The molecule has 31 heavy (non-hydrogen) atoms. The molecule has 1 saturated heterocycles. The van der Waals surface area contributed by atoms with Crippen LogP contribution in [-0.4, -0.2) is 28.1 Å². The van der Waals surface area contributed by atoms with Crippen molar-refractivity contribution in [1.82, 2.24) is 15.0 Å². The van der Waals surface area contributed by atoms with Gasteiger partial charge in [-0.05, 0) is 28.8 Å². The fraction of sp³-hybridized carbons (Fsp3) is 0.231. The van der Waals surface area contributed by atoms with E-state index in [9.17, 15) is 0 Å². The number of aromatic nitrogens is 2. The van der Waals surface area contributed by atoms with Crippen LogP contribution in [0.5, 0.6) is 5.75 Å². The average molecular weight is 412 g/mol. The molecule has 3 aromatic carbocycles. The first-order valence-electron chi connectivity index (χ1n) is 10.7. The molecule has 0 N–H and O–H groups in total. The zero-order valence-electron chi connectivity index (χ0n) is 17.4. The lowest BCUT2D eigenvalue weighted by atomic mass is 9.99. The van der Waals surface area contributed by atoms with Crippen molar-refractivity contribution >= 4 is 0 Å². The van der Waals surface area contributed by atoms with Crippen molar-refractivity contribution in [1.29, 1.82) is 0 Å². The summed E-state index contributed by atoms with van der Waals surface area (Å²) in [7, 11) is 0. The second-order valence-corrected chi connectivity index (χ2v) is 8.02. The predicted octanol–water partition coefficient (Wildman–Crippen LogP) is 4.84. The summed E-state index contributed by atoms with van der Waals surface area (Å²) < 4.78 is 11.4. The smallest absolute Gasteiger partial charge is 0.232 e. The quantitative estimate of drug-likeness (QED) is 0.415. The van der Waals surface area contributed by atoms with Crippen LogP contribution in [0.1, 0.15) is 34.3 Å². The van der Waals surface area contributed by atoms with Gasteiger partial charge in [0.2, 0.25) is 5.89 Å². The highest BCUT2D eigenvalue weighted by Gasteiger charge is 2.32. The minimum absolute atomic E-state index is 0.325. The highest BCUT2D eigenvalue weighted by atomic mass is 16.5. The van der Waals surface area contributed by atoms with E-state index in [1.54, 1.807) is 0 Å². The molecule has 1 fully saturated rings. The third kappa shape index (κ3) is 5.01. The molecular weight excluding hydrogens is 386 g/mol. The predicted molar refractivity (Wildman–Crippen MR) is 119 cm³/mol. The van der Waals surface area contributed by atoms with Crippen molar-refractivity contribution in [2.75, 3.05) is 13.1 Å². The van der Waals surface area contributed by atoms with Gasteiger partial charge in [0, 0.05) is 26.1 Å². The summed E-state index contributed by atoms with van der Waals surface area (Å²) in [6.07, 6.45) is 0.708. The van der Waals surface area contributed by atoms with Crippen molar-refractivity contribution in [2.45, 2.75) is 25.5 Å². The second kappa shape index (κ2) is 9.14. The molecule has 0 spiro atoms. The van der Waals surface area contributed by atoms with Gasteiger partial charge in [-0.1, -0.05) is 78.0 Å². The van der Waals surface area contributed by atoms with Gasteiger partial charge in [0.05, 0.1) is 5.92 Å². The minimum atomic E-state index is 0.325. The zero-order chi connectivity index (χ0) is 20.9. The topological polar surface area (TPSA) is 51.4 Å². The number of hydrogen-bond donors (Lipinski definition) is 0. The van der Waals surface area contributed by atoms with Crippen molar-refractivity contribution in [3.63, 3.8) is 0 Å². The number of ether oxygens (including phenoxy) is 1. The fourth-order valence-electron chi connectivity index (χ4n) is 3.83. The molecule has 0 atom stereocenters. The van der Waals surface area contributed by atoms with E-state index in [2.05, 4.69) is 51.4 Å². The van der Waals surface area contributed by atoms with E-state index in [0.29, 0.717) is 18.9 Å². The van der Waals surface area contributed by atoms with Crippen LogP contribution in [0.15, 0.2) is 89.5 Å². The van der Waals surface area contributed by atoms with Gasteiger partial charge in [0.15, 0.2) is 5.82 Å². The van der Waals surface area contributed by atoms with Gasteiger partial charge >= 0.3 is 0 Å². The van der Waals surface area contributed by atoms with Gasteiger partial charge in [-0.25, -0.2) is 0 Å². The van der Waals surface area contributed by atoms with E-state index in [1.807, 2.05) is 48.5 Å². The molecule has 0 bridgehead atoms. The van der Waals surface area contributed by atoms with E-state index < -0.39 is 0 Å². The molecule has 4 aromatic rings. The largest absolute Gasteiger partial charge is 0.489 e. The highest BCUT2D eigenvalue weighted by molar-refractivity contribution is 5.28. The Morgan fingerprint density at radius 1 is 0.806 bits per heavy atom. The average Bonchev–Trinajstić information content (AvgIpc) is 3.24. The number of nitrogens with zero attached hydrogens (tertiary/aromatic N) is 3. The molecule has 1 aromatic heterocycles. The highest BCUT2D eigenvalue weighted by Crippen LogP contribution is 2.28. The summed E-state index contributed by atoms with van der Waals surface area (Å²) in [5.74, 6) is 2.73. The van der Waals surface area contributed by atoms with Crippen LogP contribution in [-0.2, 0) is 19.6 Å². The lowest BCUT2D eigenvalue weighted by Crippen LogP contribution is -2.44. The maximum absolute atomic E-state index is 5.87. The van der Waals surface area contributed by atoms with Crippen LogP contribution < -0.4 is 4.74 Å². The van der Waals surface area contributed by atoms with E-state index >= 15 is 0 Å². The first-order chi connectivity index (χ1) is 15.3. The molecule has 5 rings (SSSR count). The number of rotatable bonds is 8. The Hall–Kier alpha value is -3.44. The molecule has 0 amide bonds. The first-order valence-corrected chi connectivity index (χ1v) is 10.7. The first kappa shape index (κ1) is 19.5. The number of hydrogen-bond acceptors (Lipinski definition) is 5. The number of benzene rings is 3. The number of likely N-dealkylation sites (tertiary alicyclic amines) is 1.